The molecule has 7 nitrogen and oxygen atoms in total. The van der Waals surface area contributed by atoms with Gasteiger partial charge >= 0.3 is 0 Å². The van der Waals surface area contributed by atoms with Crippen LogP contribution in [0.1, 0.15) is 15.9 Å². The normalized spacial score (nSPS) is 13.4. The molecule has 1 N–H and O–H groups in total. The predicted molar refractivity (Wildman–Crippen MR) is 132 cm³/mol. The first-order valence-corrected chi connectivity index (χ1v) is 10.8. The van der Waals surface area contributed by atoms with E-state index in [1.165, 1.54) is 12.0 Å². The Balaban J connectivity index is 1.60. The molecule has 1 aliphatic heterocycles. The maximum atomic E-state index is 13.1. The summed E-state index contributed by atoms with van der Waals surface area (Å²) in [6.45, 7) is 1.83. The van der Waals surface area contributed by atoms with Crippen molar-refractivity contribution >= 4 is 46.4 Å². The van der Waals surface area contributed by atoms with E-state index >= 15 is 0 Å². The van der Waals surface area contributed by atoms with Crippen molar-refractivity contribution in [2.45, 2.75) is 6.92 Å². The summed E-state index contributed by atoms with van der Waals surface area (Å²) in [5.74, 6) is -0.841. The van der Waals surface area contributed by atoms with Crippen LogP contribution in [0.5, 0.6) is 5.75 Å². The summed E-state index contributed by atoms with van der Waals surface area (Å²) < 4.78 is 5.13. The second-order valence-corrected chi connectivity index (χ2v) is 8.07. The van der Waals surface area contributed by atoms with Crippen LogP contribution in [0.4, 0.5) is 17.1 Å². The number of benzene rings is 3. The molecular formula is C26H22ClN3O4. The lowest BCUT2D eigenvalue weighted by molar-refractivity contribution is -0.120. The minimum absolute atomic E-state index is 0.0494. The highest BCUT2D eigenvalue weighted by atomic mass is 35.5. The van der Waals surface area contributed by atoms with E-state index in [1.807, 2.05) is 37.3 Å². The van der Waals surface area contributed by atoms with Gasteiger partial charge in [-0.1, -0.05) is 35.9 Å². The van der Waals surface area contributed by atoms with E-state index in [0.717, 1.165) is 16.2 Å². The molecule has 0 saturated heterocycles. The van der Waals surface area contributed by atoms with Crippen molar-refractivity contribution in [3.8, 4) is 5.75 Å². The highest BCUT2D eigenvalue weighted by molar-refractivity contribution is 6.53. The van der Waals surface area contributed by atoms with Gasteiger partial charge in [0.05, 0.1) is 12.8 Å². The third-order valence-electron chi connectivity index (χ3n) is 5.55. The Morgan fingerprint density at radius 2 is 1.65 bits per heavy atom. The van der Waals surface area contributed by atoms with Crippen LogP contribution in [-0.2, 0) is 9.59 Å². The summed E-state index contributed by atoms with van der Waals surface area (Å²) in [6, 6.07) is 20.9. The van der Waals surface area contributed by atoms with Crippen LogP contribution in [-0.4, -0.2) is 31.9 Å². The van der Waals surface area contributed by atoms with E-state index in [9.17, 15) is 14.4 Å². The van der Waals surface area contributed by atoms with Crippen molar-refractivity contribution in [3.05, 3.63) is 94.7 Å². The first-order valence-electron chi connectivity index (χ1n) is 10.4. The zero-order chi connectivity index (χ0) is 24.4. The highest BCUT2D eigenvalue weighted by Crippen LogP contribution is 2.32. The van der Waals surface area contributed by atoms with Crippen LogP contribution in [0.25, 0.3) is 0 Å². The molecule has 0 aliphatic carbocycles. The number of methoxy groups -OCH3 is 1. The molecule has 8 heteroatoms. The molecule has 3 aromatic rings. The van der Waals surface area contributed by atoms with Crippen molar-refractivity contribution < 1.29 is 19.1 Å². The molecule has 0 aromatic heterocycles. The molecule has 3 aromatic carbocycles. The second kappa shape index (κ2) is 9.41. The molecule has 0 spiro atoms. The third-order valence-corrected chi connectivity index (χ3v) is 5.90. The minimum Gasteiger partial charge on any atom is -0.497 e. The standard InChI is InChI=1S/C26H22ClN3O4/c1-16-9-10-17(24(31)29(2)18-7-5-4-6-8-18)15-21(16)28-23-22(27)25(32)30(26(23)33)19-11-13-20(34-3)14-12-19/h4-15,28H,1-3H3. The van der Waals surface area contributed by atoms with E-state index in [1.54, 1.807) is 49.5 Å². The minimum atomic E-state index is -0.631. The van der Waals surface area contributed by atoms with Crippen molar-refractivity contribution in [3.63, 3.8) is 0 Å². The number of nitrogens with one attached hydrogen (secondary N) is 1. The maximum Gasteiger partial charge on any atom is 0.283 e. The van der Waals surface area contributed by atoms with E-state index in [2.05, 4.69) is 5.32 Å². The number of imide groups is 1. The molecule has 1 aliphatic rings. The number of ether oxygens (including phenoxy) is 1. The summed E-state index contributed by atoms with van der Waals surface area (Å²) >= 11 is 6.27. The van der Waals surface area contributed by atoms with Crippen molar-refractivity contribution in [2.24, 2.45) is 0 Å². The fraction of sp³-hybridized carbons (Fsp3) is 0.115. The van der Waals surface area contributed by atoms with Gasteiger partial charge in [-0.25, -0.2) is 4.90 Å². The summed E-state index contributed by atoms with van der Waals surface area (Å²) in [5, 5.41) is 2.75. The molecule has 0 saturated carbocycles. The maximum absolute atomic E-state index is 13.1. The number of anilines is 3. The van der Waals surface area contributed by atoms with Crippen molar-refractivity contribution in [1.29, 1.82) is 0 Å². The van der Waals surface area contributed by atoms with Gasteiger partial charge < -0.3 is 15.0 Å². The Hall–Kier alpha value is -4.10. The van der Waals surface area contributed by atoms with Gasteiger partial charge in [-0.05, 0) is 61.0 Å². The number of hydrogen-bond donors (Lipinski definition) is 1. The zero-order valence-corrected chi connectivity index (χ0v) is 19.6. The molecule has 0 fully saturated rings. The second-order valence-electron chi connectivity index (χ2n) is 7.69. The molecular weight excluding hydrogens is 454 g/mol. The monoisotopic (exact) mass is 475 g/mol. The summed E-state index contributed by atoms with van der Waals surface area (Å²) in [6.07, 6.45) is 0. The number of hydrogen-bond acceptors (Lipinski definition) is 5. The van der Waals surface area contributed by atoms with E-state index in [0.29, 0.717) is 22.7 Å². The fourth-order valence-electron chi connectivity index (χ4n) is 3.56. The number of para-hydroxylation sites is 1. The highest BCUT2D eigenvalue weighted by Gasteiger charge is 2.39. The van der Waals surface area contributed by atoms with Gasteiger partial charge in [0.2, 0.25) is 0 Å². The number of carbonyl (C=O) groups is 3. The summed E-state index contributed by atoms with van der Waals surface area (Å²) in [5.41, 5.74) is 2.76. The van der Waals surface area contributed by atoms with Crippen LogP contribution in [0.15, 0.2) is 83.5 Å². The largest absolute Gasteiger partial charge is 0.497 e. The lowest BCUT2D eigenvalue weighted by Crippen LogP contribution is -2.32. The first kappa shape index (κ1) is 23.1. The predicted octanol–water partition coefficient (Wildman–Crippen LogP) is 4.72. The van der Waals surface area contributed by atoms with Gasteiger partial charge in [-0.2, -0.15) is 0 Å². The topological polar surface area (TPSA) is 79.0 Å². The van der Waals surface area contributed by atoms with Crippen molar-refractivity contribution in [2.75, 3.05) is 29.3 Å². The van der Waals surface area contributed by atoms with Crippen LogP contribution < -0.4 is 19.9 Å². The first-order chi connectivity index (χ1) is 16.3. The molecule has 3 amide bonds. The van der Waals surface area contributed by atoms with Gasteiger partial charge in [0.15, 0.2) is 0 Å². The Kier molecular flexibility index (Phi) is 6.38. The lowest BCUT2D eigenvalue weighted by Gasteiger charge is -2.19. The number of aryl methyl sites for hydroxylation is 1. The average molecular weight is 476 g/mol. The molecule has 0 unspecified atom stereocenters. The van der Waals surface area contributed by atoms with Crippen LogP contribution >= 0.6 is 11.6 Å². The number of nitrogens with zero attached hydrogens (tertiary/aromatic N) is 2. The van der Waals surface area contributed by atoms with Gasteiger partial charge in [0.1, 0.15) is 16.5 Å². The molecule has 0 bridgehead atoms. The number of amides is 3. The van der Waals surface area contributed by atoms with E-state index < -0.39 is 11.8 Å². The molecule has 1 heterocycles. The Bertz CT molecular complexity index is 1300. The summed E-state index contributed by atoms with van der Waals surface area (Å²) in [4.78, 5) is 41.4. The Morgan fingerprint density at radius 3 is 2.29 bits per heavy atom. The molecule has 172 valence electrons. The summed E-state index contributed by atoms with van der Waals surface area (Å²) in [7, 11) is 3.22. The molecule has 34 heavy (non-hydrogen) atoms. The number of halogens is 1. The zero-order valence-electron chi connectivity index (χ0n) is 18.8. The van der Waals surface area contributed by atoms with Gasteiger partial charge in [-0.3, -0.25) is 14.4 Å². The Labute approximate surface area is 202 Å². The van der Waals surface area contributed by atoms with Crippen LogP contribution in [0, 0.1) is 6.92 Å². The van der Waals surface area contributed by atoms with Crippen molar-refractivity contribution in [1.82, 2.24) is 0 Å². The molecule has 0 atom stereocenters. The number of carbonyl (C=O) groups excluding carboxylic acids is 3. The molecule has 0 radical (unpaired) electrons. The van der Waals surface area contributed by atoms with E-state index in [4.69, 9.17) is 16.3 Å². The third kappa shape index (κ3) is 4.25. The number of rotatable bonds is 6. The van der Waals surface area contributed by atoms with Gasteiger partial charge in [-0.15, -0.1) is 0 Å². The van der Waals surface area contributed by atoms with Gasteiger partial charge in [0, 0.05) is 24.0 Å². The van der Waals surface area contributed by atoms with Gasteiger partial charge in [0.25, 0.3) is 17.7 Å². The van der Waals surface area contributed by atoms with Crippen LogP contribution in [0.3, 0.4) is 0 Å². The van der Waals surface area contributed by atoms with E-state index in [-0.39, 0.29) is 16.6 Å². The average Bonchev–Trinajstić information content (AvgIpc) is 3.08. The Morgan fingerprint density at radius 1 is 0.971 bits per heavy atom. The fourth-order valence-corrected chi connectivity index (χ4v) is 3.78. The quantitative estimate of drug-likeness (QED) is 0.522. The smallest absolute Gasteiger partial charge is 0.283 e. The van der Waals surface area contributed by atoms with Crippen LogP contribution in [0.2, 0.25) is 0 Å². The SMILES string of the molecule is COc1ccc(N2C(=O)C(Cl)=C(Nc3cc(C(=O)N(C)c4ccccc4)ccc3C)C2=O)cc1. The molecule has 4 rings (SSSR count). The lowest BCUT2D eigenvalue weighted by atomic mass is 10.1.